The minimum absolute atomic E-state index is 0.0133. The van der Waals surface area contributed by atoms with E-state index in [4.69, 9.17) is 25.8 Å². The van der Waals surface area contributed by atoms with Crippen LogP contribution in [0.4, 0.5) is 20.7 Å². The largest absolute Gasteiger partial charge is 0.488 e. The van der Waals surface area contributed by atoms with Crippen LogP contribution in [0, 0.1) is 5.82 Å². The van der Waals surface area contributed by atoms with Crippen molar-refractivity contribution in [1.82, 2.24) is 20.2 Å². The number of aromatic nitrogens is 2. The maximum absolute atomic E-state index is 13.6. The number of urea groups is 1. The molecule has 2 saturated heterocycles. The van der Waals surface area contributed by atoms with E-state index < -0.39 is 5.82 Å². The van der Waals surface area contributed by atoms with Gasteiger partial charge in [-0.3, -0.25) is 0 Å². The monoisotopic (exact) mass is 529 g/mol. The van der Waals surface area contributed by atoms with Crippen LogP contribution in [0.2, 0.25) is 5.02 Å². The number of amides is 2. The Balaban J connectivity index is 1.36. The Morgan fingerprint density at radius 1 is 1.14 bits per heavy atom. The maximum Gasteiger partial charge on any atom is 0.317 e. The van der Waals surface area contributed by atoms with Crippen LogP contribution in [-0.4, -0.2) is 66.5 Å². The Labute approximate surface area is 219 Å². The molecule has 11 heteroatoms. The van der Waals surface area contributed by atoms with E-state index in [1.165, 1.54) is 18.5 Å². The number of carbonyl (C=O) groups excluding carboxylic acids is 1. The highest BCUT2D eigenvalue weighted by molar-refractivity contribution is 6.31. The minimum atomic E-state index is -0.495. The Morgan fingerprint density at radius 2 is 1.95 bits per heavy atom. The number of hydrogen-bond acceptors (Lipinski definition) is 7. The van der Waals surface area contributed by atoms with Crippen LogP contribution in [0.25, 0.3) is 10.9 Å². The first-order valence-corrected chi connectivity index (χ1v) is 12.9. The van der Waals surface area contributed by atoms with Crippen molar-refractivity contribution in [1.29, 1.82) is 0 Å². The van der Waals surface area contributed by atoms with E-state index in [2.05, 4.69) is 20.6 Å². The van der Waals surface area contributed by atoms with Gasteiger partial charge in [-0.05, 0) is 37.1 Å². The molecule has 5 rings (SSSR count). The van der Waals surface area contributed by atoms with E-state index in [9.17, 15) is 9.18 Å². The number of hydrogen-bond donors (Lipinski definition) is 2. The molecule has 0 saturated carbocycles. The number of anilines is 2. The molecule has 2 aromatic carbocycles. The summed E-state index contributed by atoms with van der Waals surface area (Å²) < 4.78 is 31.5. The number of benzene rings is 2. The summed E-state index contributed by atoms with van der Waals surface area (Å²) >= 11 is 5.95. The van der Waals surface area contributed by atoms with Crippen LogP contribution >= 0.6 is 11.6 Å². The van der Waals surface area contributed by atoms with Gasteiger partial charge in [0.25, 0.3) is 0 Å². The molecule has 2 N–H and O–H groups in total. The average Bonchev–Trinajstić information content (AvgIpc) is 3.45. The van der Waals surface area contributed by atoms with Gasteiger partial charge < -0.3 is 29.7 Å². The first-order chi connectivity index (χ1) is 18.1. The first kappa shape index (κ1) is 25.3. The molecule has 0 bridgehead atoms. The second kappa shape index (κ2) is 11.8. The number of rotatable bonds is 8. The summed E-state index contributed by atoms with van der Waals surface area (Å²) in [4.78, 5) is 22.9. The van der Waals surface area contributed by atoms with Gasteiger partial charge in [0, 0.05) is 43.1 Å². The van der Waals surface area contributed by atoms with Crippen molar-refractivity contribution in [3.63, 3.8) is 0 Å². The van der Waals surface area contributed by atoms with Gasteiger partial charge in [0.15, 0.2) is 11.5 Å². The lowest BCUT2D eigenvalue weighted by molar-refractivity contribution is 0.0243. The number of likely N-dealkylation sites (tertiary alicyclic amines) is 1. The summed E-state index contributed by atoms with van der Waals surface area (Å²) in [7, 11) is 0. The van der Waals surface area contributed by atoms with Crippen LogP contribution in [0.15, 0.2) is 36.7 Å². The van der Waals surface area contributed by atoms with Crippen LogP contribution in [-0.2, 0) is 4.74 Å². The zero-order valence-electron chi connectivity index (χ0n) is 20.3. The second-order valence-corrected chi connectivity index (χ2v) is 9.40. The van der Waals surface area contributed by atoms with Gasteiger partial charge in [0.05, 0.1) is 30.3 Å². The molecular weight excluding hydrogens is 501 g/mol. The molecule has 3 heterocycles. The highest BCUT2D eigenvalue weighted by Crippen LogP contribution is 2.36. The predicted molar refractivity (Wildman–Crippen MR) is 138 cm³/mol. The third kappa shape index (κ3) is 6.31. The molecule has 3 aromatic rings. The quantitative estimate of drug-likeness (QED) is 0.400. The molecule has 2 aliphatic rings. The lowest BCUT2D eigenvalue weighted by Crippen LogP contribution is -2.39. The van der Waals surface area contributed by atoms with Gasteiger partial charge in [0.2, 0.25) is 0 Å². The number of carbonyl (C=O) groups is 1. The fourth-order valence-corrected chi connectivity index (χ4v) is 4.58. The Hall–Kier alpha value is -3.37. The lowest BCUT2D eigenvalue weighted by atomic mass is 10.1. The zero-order valence-corrected chi connectivity index (χ0v) is 21.1. The van der Waals surface area contributed by atoms with Gasteiger partial charge >= 0.3 is 6.03 Å². The van der Waals surface area contributed by atoms with Crippen molar-refractivity contribution in [2.75, 3.05) is 44.8 Å². The maximum atomic E-state index is 13.6. The molecule has 0 spiro atoms. The Kier molecular flexibility index (Phi) is 8.05. The van der Waals surface area contributed by atoms with E-state index in [0.717, 1.165) is 38.8 Å². The molecule has 196 valence electrons. The van der Waals surface area contributed by atoms with Gasteiger partial charge in [-0.2, -0.15) is 0 Å². The second-order valence-electron chi connectivity index (χ2n) is 9.00. The summed E-state index contributed by atoms with van der Waals surface area (Å²) in [5, 5.41) is 6.82. The highest BCUT2D eigenvalue weighted by Gasteiger charge is 2.20. The summed E-state index contributed by atoms with van der Waals surface area (Å²) in [6.45, 7) is 3.50. The van der Waals surface area contributed by atoms with E-state index in [-0.39, 0.29) is 23.8 Å². The van der Waals surface area contributed by atoms with Crippen molar-refractivity contribution in [2.24, 2.45) is 0 Å². The molecule has 0 aliphatic carbocycles. The van der Waals surface area contributed by atoms with Crippen molar-refractivity contribution in [3.05, 3.63) is 47.5 Å². The summed E-state index contributed by atoms with van der Waals surface area (Å²) in [6, 6.07) is 7.96. The standard InChI is InChI=1S/C26H29ClFN5O4/c27-20-13-17(3-4-21(20)28)32-25-19-14-24(37-18-5-10-35-11-6-18)23(15-22(19)30-16-31-25)36-12-7-29-26(34)33-8-1-2-9-33/h3-4,13-16,18H,1-2,5-12H2,(H,29,34)(H,30,31,32). The van der Waals surface area contributed by atoms with E-state index >= 15 is 0 Å². The molecule has 2 amide bonds. The molecule has 2 fully saturated rings. The normalized spacial score (nSPS) is 16.1. The van der Waals surface area contributed by atoms with Crippen molar-refractivity contribution >= 4 is 40.0 Å². The van der Waals surface area contributed by atoms with Crippen molar-refractivity contribution < 1.29 is 23.4 Å². The van der Waals surface area contributed by atoms with Crippen LogP contribution in [0.3, 0.4) is 0 Å². The summed E-state index contributed by atoms with van der Waals surface area (Å²) in [6.07, 6.45) is 5.05. The summed E-state index contributed by atoms with van der Waals surface area (Å²) in [5.41, 5.74) is 1.23. The van der Waals surface area contributed by atoms with E-state index in [1.807, 2.05) is 11.0 Å². The average molecular weight is 530 g/mol. The lowest BCUT2D eigenvalue weighted by Gasteiger charge is -2.25. The fourth-order valence-electron chi connectivity index (χ4n) is 4.40. The molecule has 0 radical (unpaired) electrons. The molecule has 0 atom stereocenters. The smallest absolute Gasteiger partial charge is 0.317 e. The van der Waals surface area contributed by atoms with Gasteiger partial charge in [-0.25, -0.2) is 19.2 Å². The third-order valence-electron chi connectivity index (χ3n) is 6.37. The Morgan fingerprint density at radius 3 is 2.73 bits per heavy atom. The molecule has 0 unspecified atom stereocenters. The van der Waals surface area contributed by atoms with Gasteiger partial charge in [-0.15, -0.1) is 0 Å². The van der Waals surface area contributed by atoms with Crippen molar-refractivity contribution in [2.45, 2.75) is 31.8 Å². The van der Waals surface area contributed by atoms with Crippen LogP contribution < -0.4 is 20.1 Å². The van der Waals surface area contributed by atoms with Crippen molar-refractivity contribution in [3.8, 4) is 11.5 Å². The molecule has 2 aliphatic heterocycles. The van der Waals surface area contributed by atoms with Gasteiger partial charge in [-0.1, -0.05) is 11.6 Å². The topological polar surface area (TPSA) is 97.8 Å². The highest BCUT2D eigenvalue weighted by atomic mass is 35.5. The zero-order chi connectivity index (χ0) is 25.6. The van der Waals surface area contributed by atoms with E-state index in [0.29, 0.717) is 53.7 Å². The fraction of sp³-hybridized carbons (Fsp3) is 0.423. The molecule has 9 nitrogen and oxygen atoms in total. The van der Waals surface area contributed by atoms with Crippen LogP contribution in [0.5, 0.6) is 11.5 Å². The summed E-state index contributed by atoms with van der Waals surface area (Å²) in [5.74, 6) is 1.11. The first-order valence-electron chi connectivity index (χ1n) is 12.5. The predicted octanol–water partition coefficient (Wildman–Crippen LogP) is 4.91. The Bertz CT molecular complexity index is 1250. The number of halogens is 2. The van der Waals surface area contributed by atoms with Gasteiger partial charge in [0.1, 0.15) is 30.7 Å². The number of nitrogens with zero attached hydrogens (tertiary/aromatic N) is 3. The molecule has 1 aromatic heterocycles. The minimum Gasteiger partial charge on any atom is -0.488 e. The number of fused-ring (bicyclic) bond motifs is 1. The molecule has 37 heavy (non-hydrogen) atoms. The molecular formula is C26H29ClFN5O4. The SMILES string of the molecule is O=C(NCCOc1cc2ncnc(Nc3ccc(F)c(Cl)c3)c2cc1OC1CCOCC1)N1CCCC1. The van der Waals surface area contributed by atoms with Crippen LogP contribution in [0.1, 0.15) is 25.7 Å². The van der Waals surface area contributed by atoms with E-state index in [1.54, 1.807) is 12.1 Å². The third-order valence-corrected chi connectivity index (χ3v) is 6.66. The number of ether oxygens (including phenoxy) is 3. The number of nitrogens with one attached hydrogen (secondary N) is 2.